The first-order valence-electron chi connectivity index (χ1n) is 5.58. The summed E-state index contributed by atoms with van der Waals surface area (Å²) < 4.78 is 6.46. The maximum Gasteiger partial charge on any atom is 0.124 e. The number of rotatable bonds is 7. The molecule has 0 heterocycles. The molecule has 0 aromatic heterocycles. The fourth-order valence-corrected chi connectivity index (χ4v) is 1.69. The quantitative estimate of drug-likeness (QED) is 0.763. The molecule has 4 heteroatoms. The summed E-state index contributed by atoms with van der Waals surface area (Å²) in [6.45, 7) is 8.09. The SMILES string of the molecule is C=C(Br)COc1ccc(Cl)cc1CNCCC. The second-order valence-electron chi connectivity index (χ2n) is 3.73. The predicted octanol–water partition coefficient (Wildman–Crippen LogP) is 4.13. The van der Waals surface area contributed by atoms with Crippen molar-refractivity contribution >= 4 is 27.5 Å². The van der Waals surface area contributed by atoms with Crippen LogP contribution in [0.1, 0.15) is 18.9 Å². The van der Waals surface area contributed by atoms with E-state index in [1.54, 1.807) is 0 Å². The molecule has 1 rings (SSSR count). The van der Waals surface area contributed by atoms with E-state index in [0.29, 0.717) is 6.61 Å². The van der Waals surface area contributed by atoms with Crippen molar-refractivity contribution in [2.75, 3.05) is 13.2 Å². The highest BCUT2D eigenvalue weighted by molar-refractivity contribution is 9.11. The minimum absolute atomic E-state index is 0.461. The lowest BCUT2D eigenvalue weighted by Crippen LogP contribution is -2.14. The van der Waals surface area contributed by atoms with Gasteiger partial charge in [0.05, 0.1) is 0 Å². The van der Waals surface area contributed by atoms with Gasteiger partial charge in [-0.1, -0.05) is 41.0 Å². The summed E-state index contributed by atoms with van der Waals surface area (Å²) in [6.07, 6.45) is 1.11. The zero-order chi connectivity index (χ0) is 12.7. The molecule has 0 saturated heterocycles. The normalized spacial score (nSPS) is 10.3. The van der Waals surface area contributed by atoms with E-state index in [1.165, 1.54) is 0 Å². The molecule has 1 aromatic rings. The van der Waals surface area contributed by atoms with E-state index >= 15 is 0 Å². The first-order chi connectivity index (χ1) is 8.13. The van der Waals surface area contributed by atoms with E-state index < -0.39 is 0 Å². The molecule has 0 fully saturated rings. The lowest BCUT2D eigenvalue weighted by molar-refractivity contribution is 0.355. The van der Waals surface area contributed by atoms with Crippen LogP contribution in [0.3, 0.4) is 0 Å². The molecule has 0 bridgehead atoms. The van der Waals surface area contributed by atoms with Gasteiger partial charge >= 0.3 is 0 Å². The van der Waals surface area contributed by atoms with Gasteiger partial charge in [0.2, 0.25) is 0 Å². The molecule has 94 valence electrons. The average molecular weight is 319 g/mol. The molecule has 0 radical (unpaired) electrons. The average Bonchev–Trinajstić information content (AvgIpc) is 2.28. The van der Waals surface area contributed by atoms with Crippen LogP contribution < -0.4 is 10.1 Å². The van der Waals surface area contributed by atoms with E-state index in [4.69, 9.17) is 16.3 Å². The lowest BCUT2D eigenvalue weighted by Gasteiger charge is -2.12. The molecule has 2 nitrogen and oxygen atoms in total. The van der Waals surface area contributed by atoms with Gasteiger partial charge in [0.25, 0.3) is 0 Å². The van der Waals surface area contributed by atoms with E-state index in [0.717, 1.165) is 40.3 Å². The molecule has 0 aliphatic carbocycles. The third-order valence-corrected chi connectivity index (χ3v) is 2.61. The van der Waals surface area contributed by atoms with Crippen molar-refractivity contribution in [2.45, 2.75) is 19.9 Å². The van der Waals surface area contributed by atoms with Gasteiger partial charge in [0.15, 0.2) is 0 Å². The Morgan fingerprint density at radius 3 is 2.94 bits per heavy atom. The summed E-state index contributed by atoms with van der Waals surface area (Å²) >= 11 is 9.26. The second kappa shape index (κ2) is 7.75. The van der Waals surface area contributed by atoms with E-state index in [1.807, 2.05) is 18.2 Å². The van der Waals surface area contributed by atoms with Gasteiger partial charge in [-0.2, -0.15) is 0 Å². The number of hydrogen-bond donors (Lipinski definition) is 1. The summed E-state index contributed by atoms with van der Waals surface area (Å²) in [7, 11) is 0. The standard InChI is InChI=1S/C13H17BrClNO/c1-3-6-16-8-11-7-12(15)4-5-13(11)17-9-10(2)14/h4-5,7,16H,2-3,6,8-9H2,1H3. The van der Waals surface area contributed by atoms with Crippen LogP contribution in [-0.4, -0.2) is 13.2 Å². The number of benzene rings is 1. The lowest BCUT2D eigenvalue weighted by atomic mass is 10.2. The zero-order valence-corrected chi connectivity index (χ0v) is 12.3. The molecule has 0 atom stereocenters. The molecule has 0 saturated carbocycles. The van der Waals surface area contributed by atoms with Gasteiger partial charge in [-0.25, -0.2) is 0 Å². The monoisotopic (exact) mass is 317 g/mol. The molecule has 1 N–H and O–H groups in total. The highest BCUT2D eigenvalue weighted by Crippen LogP contribution is 2.23. The van der Waals surface area contributed by atoms with Crippen LogP contribution in [0.25, 0.3) is 0 Å². The molecule has 0 spiro atoms. The van der Waals surface area contributed by atoms with Crippen molar-refractivity contribution in [3.05, 3.63) is 39.8 Å². The molecule has 1 aromatic carbocycles. The first-order valence-corrected chi connectivity index (χ1v) is 6.75. The van der Waals surface area contributed by atoms with Crippen LogP contribution in [0, 0.1) is 0 Å². The maximum absolute atomic E-state index is 5.98. The van der Waals surface area contributed by atoms with Crippen molar-refractivity contribution < 1.29 is 4.74 Å². The summed E-state index contributed by atoms with van der Waals surface area (Å²) in [5, 5.41) is 4.06. The fraction of sp³-hybridized carbons (Fsp3) is 0.385. The first kappa shape index (κ1) is 14.6. The summed E-state index contributed by atoms with van der Waals surface area (Å²) in [4.78, 5) is 0. The van der Waals surface area contributed by atoms with Crippen LogP contribution >= 0.6 is 27.5 Å². The molecular weight excluding hydrogens is 302 g/mol. The van der Waals surface area contributed by atoms with Crippen LogP contribution in [0.5, 0.6) is 5.75 Å². The van der Waals surface area contributed by atoms with E-state index in [2.05, 4.69) is 34.7 Å². The molecule has 0 amide bonds. The van der Waals surface area contributed by atoms with Crippen LogP contribution in [0.2, 0.25) is 5.02 Å². The number of hydrogen-bond acceptors (Lipinski definition) is 2. The van der Waals surface area contributed by atoms with Crippen molar-refractivity contribution in [2.24, 2.45) is 0 Å². The predicted molar refractivity (Wildman–Crippen MR) is 77.0 cm³/mol. The molecular formula is C13H17BrClNO. The Balaban J connectivity index is 2.69. The van der Waals surface area contributed by atoms with Gasteiger partial charge < -0.3 is 10.1 Å². The van der Waals surface area contributed by atoms with Crippen molar-refractivity contribution in [3.63, 3.8) is 0 Å². The summed E-state index contributed by atoms with van der Waals surface area (Å²) in [5.41, 5.74) is 1.07. The number of nitrogens with one attached hydrogen (secondary N) is 1. The third kappa shape index (κ3) is 5.57. The Labute approximate surface area is 116 Å². The van der Waals surface area contributed by atoms with Gasteiger partial charge in [-0.05, 0) is 31.2 Å². The number of halogens is 2. The van der Waals surface area contributed by atoms with Gasteiger partial charge in [-0.3, -0.25) is 0 Å². The maximum atomic E-state index is 5.98. The van der Waals surface area contributed by atoms with E-state index in [9.17, 15) is 0 Å². The van der Waals surface area contributed by atoms with Crippen LogP contribution in [-0.2, 0) is 6.54 Å². The van der Waals surface area contributed by atoms with Crippen LogP contribution in [0.15, 0.2) is 29.3 Å². The Hall–Kier alpha value is -0.510. The molecule has 17 heavy (non-hydrogen) atoms. The van der Waals surface area contributed by atoms with Gasteiger partial charge in [0.1, 0.15) is 12.4 Å². The van der Waals surface area contributed by atoms with Crippen molar-refractivity contribution in [1.82, 2.24) is 5.32 Å². The van der Waals surface area contributed by atoms with Gasteiger partial charge in [-0.15, -0.1) is 0 Å². The van der Waals surface area contributed by atoms with Gasteiger partial charge in [0, 0.05) is 21.6 Å². The minimum Gasteiger partial charge on any atom is -0.488 e. The highest BCUT2D eigenvalue weighted by Gasteiger charge is 2.04. The minimum atomic E-state index is 0.461. The fourth-order valence-electron chi connectivity index (χ4n) is 1.38. The van der Waals surface area contributed by atoms with E-state index in [-0.39, 0.29) is 0 Å². The summed E-state index contributed by atoms with van der Waals surface area (Å²) in [5.74, 6) is 0.846. The second-order valence-corrected chi connectivity index (χ2v) is 5.29. The van der Waals surface area contributed by atoms with Crippen LogP contribution in [0.4, 0.5) is 0 Å². The van der Waals surface area contributed by atoms with Crippen molar-refractivity contribution in [3.8, 4) is 5.75 Å². The number of ether oxygens (including phenoxy) is 1. The highest BCUT2D eigenvalue weighted by atomic mass is 79.9. The van der Waals surface area contributed by atoms with Crippen molar-refractivity contribution in [1.29, 1.82) is 0 Å². The Morgan fingerprint density at radius 1 is 1.53 bits per heavy atom. The topological polar surface area (TPSA) is 21.3 Å². The Bertz CT molecular complexity index is 382. The molecule has 0 unspecified atom stereocenters. The Morgan fingerprint density at radius 2 is 2.29 bits per heavy atom. The largest absolute Gasteiger partial charge is 0.488 e. The molecule has 0 aliphatic rings. The Kier molecular flexibility index (Phi) is 6.63. The molecule has 0 aliphatic heterocycles. The summed E-state index contributed by atoms with van der Waals surface area (Å²) in [6, 6.07) is 5.65. The smallest absolute Gasteiger partial charge is 0.124 e. The zero-order valence-electron chi connectivity index (χ0n) is 9.93. The third-order valence-electron chi connectivity index (χ3n) is 2.15.